The molecule has 1 aliphatic rings. The van der Waals surface area contributed by atoms with Crippen LogP contribution in [0, 0.1) is 12.7 Å². The Kier molecular flexibility index (Phi) is 6.46. The third-order valence-electron chi connectivity index (χ3n) is 6.44. The zero-order chi connectivity index (χ0) is 24.8. The molecule has 0 bridgehead atoms. The van der Waals surface area contributed by atoms with Gasteiger partial charge in [0.05, 0.1) is 17.0 Å². The van der Waals surface area contributed by atoms with Gasteiger partial charge in [0.15, 0.2) is 0 Å². The lowest BCUT2D eigenvalue weighted by Crippen LogP contribution is -2.29. The summed E-state index contributed by atoms with van der Waals surface area (Å²) in [5, 5.41) is 3.70. The van der Waals surface area contributed by atoms with Crippen LogP contribution in [0.4, 0.5) is 19.0 Å². The monoisotopic (exact) mass is 492 g/mol. The number of pyridine rings is 1. The Morgan fingerprint density at radius 3 is 2.50 bits per heavy atom. The number of hydrogen-bond acceptors (Lipinski definition) is 5. The second kappa shape index (κ2) is 9.05. The Morgan fingerprint density at radius 1 is 1.21 bits per heavy atom. The maximum absolute atomic E-state index is 14.7. The molecule has 1 aliphatic heterocycles. The summed E-state index contributed by atoms with van der Waals surface area (Å²) in [5.74, 6) is 4.48. The molecule has 0 saturated carbocycles. The highest BCUT2D eigenvalue weighted by molar-refractivity contribution is 8.00. The third-order valence-corrected chi connectivity index (χ3v) is 8.40. The molecule has 1 saturated heterocycles. The van der Waals surface area contributed by atoms with Crippen LogP contribution in [-0.4, -0.2) is 36.1 Å². The van der Waals surface area contributed by atoms with E-state index >= 15 is 0 Å². The van der Waals surface area contributed by atoms with Crippen molar-refractivity contribution in [3.63, 3.8) is 0 Å². The van der Waals surface area contributed by atoms with Crippen molar-refractivity contribution in [1.29, 1.82) is 0 Å². The lowest BCUT2D eigenvalue weighted by Gasteiger charge is -2.25. The molecule has 10 heteroatoms. The number of aromatic nitrogens is 3. The Labute approximate surface area is 196 Å². The first-order valence-electron chi connectivity index (χ1n) is 11.0. The molecule has 4 rings (SSSR count). The predicted octanol–water partition coefficient (Wildman–Crippen LogP) is 4.48. The van der Waals surface area contributed by atoms with Crippen LogP contribution in [0.25, 0.3) is 11.0 Å². The van der Waals surface area contributed by atoms with E-state index in [0.29, 0.717) is 52.6 Å². The van der Waals surface area contributed by atoms with Crippen molar-refractivity contribution in [3.8, 4) is 0 Å². The number of benzene rings is 1. The molecule has 6 nitrogen and oxygen atoms in total. The average Bonchev–Trinajstić information content (AvgIpc) is 2.76. The molecule has 0 amide bonds. The number of anilines is 1. The van der Waals surface area contributed by atoms with E-state index in [9.17, 15) is 22.2 Å². The van der Waals surface area contributed by atoms with Crippen molar-refractivity contribution in [2.24, 2.45) is 7.05 Å². The van der Waals surface area contributed by atoms with Gasteiger partial charge in [-0.3, -0.25) is 13.6 Å². The van der Waals surface area contributed by atoms with Crippen LogP contribution in [0.3, 0.4) is 0 Å². The molecule has 0 spiro atoms. The molecule has 0 aliphatic carbocycles. The van der Waals surface area contributed by atoms with E-state index in [1.165, 1.54) is 16.7 Å². The third kappa shape index (κ3) is 4.55. The fraction of sp³-hybridized carbons (Fsp3) is 0.417. The van der Waals surface area contributed by atoms with Gasteiger partial charge < -0.3 is 5.32 Å². The Bertz CT molecular complexity index is 1410. The summed E-state index contributed by atoms with van der Waals surface area (Å²) in [4.78, 5) is 22.0. The van der Waals surface area contributed by atoms with E-state index in [-0.39, 0.29) is 17.0 Å². The number of hydrogen-bond donors (Lipinski definition) is 1. The van der Waals surface area contributed by atoms with E-state index in [2.05, 4.69) is 21.2 Å². The standard InChI is InChI=1S/C24H27F3N4O2S/c1-13(16-6-5-7-17(20(16)25)21(26)27)28-22-19-12-18(15-8-10-34(4,33)11-9-15)24(32)31(3)23(19)30-14(2)29-22/h5-7,12-13,15,21H,4,8-11H2,1-3H3,(H,28,29,30)/t13-,15?,34?/m1/s1. The van der Waals surface area contributed by atoms with Crippen LogP contribution in [0.1, 0.15) is 60.7 Å². The molecule has 3 heterocycles. The Morgan fingerprint density at radius 2 is 1.85 bits per heavy atom. The highest BCUT2D eigenvalue weighted by atomic mass is 32.2. The minimum absolute atomic E-state index is 0.0637. The Balaban J connectivity index is 1.78. The van der Waals surface area contributed by atoms with Crippen molar-refractivity contribution in [2.45, 2.75) is 45.1 Å². The van der Waals surface area contributed by atoms with Gasteiger partial charge in [-0.15, -0.1) is 0 Å². The highest BCUT2D eigenvalue weighted by Crippen LogP contribution is 2.32. The molecule has 1 atom stereocenters. The van der Waals surface area contributed by atoms with E-state index < -0.39 is 33.4 Å². The molecule has 34 heavy (non-hydrogen) atoms. The van der Waals surface area contributed by atoms with E-state index in [1.807, 2.05) is 0 Å². The van der Waals surface area contributed by atoms with Gasteiger partial charge in [-0.05, 0) is 54.1 Å². The minimum Gasteiger partial charge on any atom is -0.363 e. The summed E-state index contributed by atoms with van der Waals surface area (Å²) in [7, 11) is -0.466. The van der Waals surface area contributed by atoms with Gasteiger partial charge in [0.2, 0.25) is 0 Å². The van der Waals surface area contributed by atoms with Gasteiger partial charge in [-0.25, -0.2) is 23.1 Å². The van der Waals surface area contributed by atoms with Crippen molar-refractivity contribution in [1.82, 2.24) is 14.5 Å². The zero-order valence-corrected chi connectivity index (χ0v) is 20.1. The molecule has 1 aromatic carbocycles. The predicted molar refractivity (Wildman–Crippen MR) is 130 cm³/mol. The summed E-state index contributed by atoms with van der Waals surface area (Å²) in [6.45, 7) is 3.34. The molecule has 182 valence electrons. The first-order chi connectivity index (χ1) is 16.0. The number of fused-ring (bicyclic) bond motifs is 1. The fourth-order valence-electron chi connectivity index (χ4n) is 4.49. The van der Waals surface area contributed by atoms with Crippen LogP contribution in [0.2, 0.25) is 0 Å². The van der Waals surface area contributed by atoms with Crippen molar-refractivity contribution >= 4 is 32.2 Å². The van der Waals surface area contributed by atoms with Gasteiger partial charge in [0.25, 0.3) is 12.0 Å². The van der Waals surface area contributed by atoms with Gasteiger partial charge in [-0.1, -0.05) is 18.2 Å². The topological polar surface area (TPSA) is 76.9 Å². The van der Waals surface area contributed by atoms with Crippen LogP contribution < -0.4 is 10.9 Å². The summed E-state index contributed by atoms with van der Waals surface area (Å²) in [6.07, 6.45) is -1.73. The SMILES string of the molecule is C=S1(=O)CCC(c2cc3c(N[C@H](C)c4cccc(C(F)F)c4F)nc(C)nc3n(C)c2=O)CC1. The first kappa shape index (κ1) is 24.3. The lowest BCUT2D eigenvalue weighted by molar-refractivity contribution is 0.146. The second-order valence-electron chi connectivity index (χ2n) is 8.89. The van der Waals surface area contributed by atoms with E-state index in [0.717, 1.165) is 6.07 Å². The highest BCUT2D eigenvalue weighted by Gasteiger charge is 2.26. The Hall–Kier alpha value is -2.88. The van der Waals surface area contributed by atoms with E-state index in [1.54, 1.807) is 27.0 Å². The average molecular weight is 493 g/mol. The smallest absolute Gasteiger partial charge is 0.266 e. The number of nitrogens with zero attached hydrogens (tertiary/aromatic N) is 3. The van der Waals surface area contributed by atoms with Crippen LogP contribution >= 0.6 is 0 Å². The van der Waals surface area contributed by atoms with Crippen molar-refractivity contribution < 1.29 is 17.4 Å². The number of aryl methyl sites for hydroxylation is 2. The van der Waals surface area contributed by atoms with Crippen LogP contribution in [0.5, 0.6) is 0 Å². The normalized spacial score (nSPS) is 21.7. The number of halogens is 3. The molecule has 1 fully saturated rings. The second-order valence-corrected chi connectivity index (χ2v) is 11.6. The molecule has 0 radical (unpaired) electrons. The summed E-state index contributed by atoms with van der Waals surface area (Å²) in [5.41, 5.74) is 0.250. The molecular formula is C24H27F3N4O2S. The largest absolute Gasteiger partial charge is 0.363 e. The minimum atomic E-state index is -2.92. The van der Waals surface area contributed by atoms with Crippen LogP contribution in [-0.2, 0) is 16.6 Å². The maximum Gasteiger partial charge on any atom is 0.266 e. The number of rotatable bonds is 5. The molecule has 0 unspecified atom stereocenters. The fourth-order valence-corrected chi connectivity index (χ4v) is 6.12. The van der Waals surface area contributed by atoms with E-state index in [4.69, 9.17) is 0 Å². The van der Waals surface area contributed by atoms with Gasteiger partial charge in [-0.2, -0.15) is 0 Å². The van der Waals surface area contributed by atoms with Gasteiger partial charge in [0, 0.05) is 29.7 Å². The van der Waals surface area contributed by atoms with Crippen LogP contribution in [0.15, 0.2) is 29.1 Å². The summed E-state index contributed by atoms with van der Waals surface area (Å²) in [6, 6.07) is 4.99. The molecular weight excluding hydrogens is 465 g/mol. The quantitative estimate of drug-likeness (QED) is 0.532. The number of alkyl halides is 2. The van der Waals surface area contributed by atoms with Gasteiger partial charge in [0.1, 0.15) is 23.1 Å². The van der Waals surface area contributed by atoms with Gasteiger partial charge >= 0.3 is 0 Å². The van der Waals surface area contributed by atoms with Crippen molar-refractivity contribution in [3.05, 3.63) is 63.0 Å². The lowest BCUT2D eigenvalue weighted by atomic mass is 9.93. The summed E-state index contributed by atoms with van der Waals surface area (Å²) < 4.78 is 54.8. The summed E-state index contributed by atoms with van der Waals surface area (Å²) >= 11 is 0. The zero-order valence-electron chi connectivity index (χ0n) is 19.3. The van der Waals surface area contributed by atoms with Crippen molar-refractivity contribution in [2.75, 3.05) is 16.8 Å². The molecule has 3 aromatic rings. The molecule has 1 N–H and O–H groups in total. The molecule has 2 aromatic heterocycles. The first-order valence-corrected chi connectivity index (χ1v) is 13.1. The number of nitrogens with one attached hydrogen (secondary N) is 1. The maximum atomic E-state index is 14.7.